The van der Waals surface area contributed by atoms with E-state index in [4.69, 9.17) is 14.8 Å². The third-order valence-corrected chi connectivity index (χ3v) is 5.12. The summed E-state index contributed by atoms with van der Waals surface area (Å²) in [5, 5.41) is 9.11. The molecule has 3 heterocycles. The summed E-state index contributed by atoms with van der Waals surface area (Å²) >= 11 is 0. The van der Waals surface area contributed by atoms with Gasteiger partial charge in [0.25, 0.3) is 0 Å². The summed E-state index contributed by atoms with van der Waals surface area (Å²) < 4.78 is 5.85. The molecule has 0 radical (unpaired) electrons. The van der Waals surface area contributed by atoms with Gasteiger partial charge in [-0.1, -0.05) is 6.07 Å². The van der Waals surface area contributed by atoms with E-state index in [0.29, 0.717) is 6.54 Å². The van der Waals surface area contributed by atoms with Gasteiger partial charge < -0.3 is 14.7 Å². The Bertz CT molecular complexity index is 860. The molecule has 1 N–H and O–H groups in total. The van der Waals surface area contributed by atoms with Crippen molar-refractivity contribution in [2.75, 3.05) is 44.2 Å². The highest BCUT2D eigenvalue weighted by Gasteiger charge is 2.22. The molecule has 2 aliphatic rings. The van der Waals surface area contributed by atoms with Crippen molar-refractivity contribution < 1.29 is 9.84 Å². The molecule has 2 aromatic rings. The third kappa shape index (κ3) is 4.00. The van der Waals surface area contributed by atoms with Crippen molar-refractivity contribution in [3.05, 3.63) is 47.4 Å². The van der Waals surface area contributed by atoms with E-state index in [1.165, 1.54) is 5.56 Å². The summed E-state index contributed by atoms with van der Waals surface area (Å²) in [5.41, 5.74) is 4.05. The van der Waals surface area contributed by atoms with Gasteiger partial charge in [-0.05, 0) is 31.5 Å². The molecule has 0 unspecified atom stereocenters. The number of aromatic nitrogens is 2. The van der Waals surface area contributed by atoms with Crippen molar-refractivity contribution in [3.8, 4) is 5.75 Å². The second-order valence-electron chi connectivity index (χ2n) is 7.46. The Balaban J connectivity index is 1.54. The summed E-state index contributed by atoms with van der Waals surface area (Å²) in [4.78, 5) is 18.3. The fourth-order valence-corrected chi connectivity index (χ4v) is 3.72. The van der Waals surface area contributed by atoms with E-state index >= 15 is 0 Å². The molecule has 1 aromatic heterocycles. The largest absolute Gasteiger partial charge is 0.491 e. The Kier molecular flexibility index (Phi) is 5.54. The fraction of sp³-hybridized carbons (Fsp3) is 0.476. The summed E-state index contributed by atoms with van der Waals surface area (Å²) in [6.45, 7) is 9.32. The monoisotopic (exact) mass is 381 g/mol. The van der Waals surface area contributed by atoms with Gasteiger partial charge in [-0.3, -0.25) is 9.89 Å². The van der Waals surface area contributed by atoms with Gasteiger partial charge in [0.05, 0.1) is 30.7 Å². The van der Waals surface area contributed by atoms with Crippen LogP contribution in [-0.2, 0) is 6.54 Å². The molecule has 0 atom stereocenters. The number of hydrogen-bond acceptors (Lipinski definition) is 7. The first-order valence-electron chi connectivity index (χ1n) is 9.89. The quantitative estimate of drug-likeness (QED) is 0.822. The Morgan fingerprint density at radius 1 is 1.11 bits per heavy atom. The number of β-amino-alcohol motifs (C(OH)–C–C–N with tert-alkyl or cyclic N) is 1. The highest BCUT2D eigenvalue weighted by atomic mass is 16.5. The lowest BCUT2D eigenvalue weighted by molar-refractivity contribution is 0.188. The zero-order valence-electron chi connectivity index (χ0n) is 16.5. The second-order valence-corrected chi connectivity index (χ2v) is 7.46. The van der Waals surface area contributed by atoms with Gasteiger partial charge in [0.1, 0.15) is 17.9 Å². The van der Waals surface area contributed by atoms with Crippen LogP contribution in [0, 0.1) is 0 Å². The number of anilines is 1. The first-order valence-corrected chi connectivity index (χ1v) is 9.89. The average Bonchev–Trinajstić information content (AvgIpc) is 3.12. The summed E-state index contributed by atoms with van der Waals surface area (Å²) in [6.07, 6.45) is 1.76. The molecule has 0 aliphatic carbocycles. The molecule has 7 nitrogen and oxygen atoms in total. The molecule has 148 valence electrons. The maximum Gasteiger partial charge on any atom is 0.132 e. The van der Waals surface area contributed by atoms with Crippen LogP contribution in [0.15, 0.2) is 35.6 Å². The van der Waals surface area contributed by atoms with Crippen LogP contribution in [0.5, 0.6) is 5.75 Å². The molecule has 28 heavy (non-hydrogen) atoms. The van der Waals surface area contributed by atoms with Gasteiger partial charge in [0, 0.05) is 44.4 Å². The molecule has 1 aromatic carbocycles. The summed E-state index contributed by atoms with van der Waals surface area (Å²) in [5.74, 6) is 1.79. The highest BCUT2D eigenvalue weighted by Crippen LogP contribution is 2.28. The van der Waals surface area contributed by atoms with Gasteiger partial charge in [-0.15, -0.1) is 0 Å². The number of nitrogens with zero attached hydrogens (tertiary/aromatic N) is 5. The molecule has 0 bridgehead atoms. The summed E-state index contributed by atoms with van der Waals surface area (Å²) in [6, 6.07) is 8.20. The zero-order chi connectivity index (χ0) is 19.5. The van der Waals surface area contributed by atoms with E-state index in [1.807, 2.05) is 26.0 Å². The fourth-order valence-electron chi connectivity index (χ4n) is 3.72. The number of piperazine rings is 1. The third-order valence-electron chi connectivity index (χ3n) is 5.12. The van der Waals surface area contributed by atoms with Crippen molar-refractivity contribution in [3.63, 3.8) is 0 Å². The average molecular weight is 381 g/mol. The number of hydrogen-bond donors (Lipinski definition) is 1. The Hall–Kier alpha value is -2.51. The normalized spacial score (nSPS) is 17.0. The van der Waals surface area contributed by atoms with Crippen LogP contribution >= 0.6 is 0 Å². The van der Waals surface area contributed by atoms with E-state index in [1.54, 1.807) is 6.33 Å². The van der Waals surface area contributed by atoms with Crippen molar-refractivity contribution in [1.82, 2.24) is 14.9 Å². The minimum atomic E-state index is 0.134. The molecule has 1 fully saturated rings. The van der Waals surface area contributed by atoms with Crippen molar-refractivity contribution in [1.29, 1.82) is 0 Å². The van der Waals surface area contributed by atoms with E-state index in [-0.39, 0.29) is 12.7 Å². The van der Waals surface area contributed by atoms with Crippen LogP contribution in [-0.4, -0.2) is 71.1 Å². The van der Waals surface area contributed by atoms with Gasteiger partial charge in [0.15, 0.2) is 0 Å². The van der Waals surface area contributed by atoms with Crippen LogP contribution < -0.4 is 9.64 Å². The summed E-state index contributed by atoms with van der Waals surface area (Å²) in [7, 11) is 0. The van der Waals surface area contributed by atoms with E-state index in [2.05, 4.69) is 31.9 Å². The van der Waals surface area contributed by atoms with E-state index in [0.717, 1.165) is 61.3 Å². The lowest BCUT2D eigenvalue weighted by atomic mass is 10.0. The molecular weight excluding hydrogens is 354 g/mol. The molecule has 0 amide bonds. The topological polar surface area (TPSA) is 74.1 Å². The number of fused-ring (bicyclic) bond motifs is 1. The van der Waals surface area contributed by atoms with Crippen LogP contribution in [0.3, 0.4) is 0 Å². The van der Waals surface area contributed by atoms with Crippen LogP contribution in [0.1, 0.15) is 30.7 Å². The van der Waals surface area contributed by atoms with Crippen molar-refractivity contribution >= 4 is 11.5 Å². The van der Waals surface area contributed by atoms with Gasteiger partial charge in [-0.25, -0.2) is 9.97 Å². The Morgan fingerprint density at radius 3 is 2.68 bits per heavy atom. The minimum Gasteiger partial charge on any atom is -0.491 e. The molecule has 4 rings (SSSR count). The number of benzene rings is 1. The first-order chi connectivity index (χ1) is 13.6. The molecule has 2 aliphatic heterocycles. The number of rotatable bonds is 6. The lowest BCUT2D eigenvalue weighted by Crippen LogP contribution is -2.47. The molecule has 7 heteroatoms. The number of aliphatic imine (C=N–C) groups is 1. The predicted octanol–water partition coefficient (Wildman–Crippen LogP) is 1.73. The number of ether oxygens (including phenoxy) is 1. The Labute approximate surface area is 165 Å². The molecule has 1 saturated heterocycles. The Morgan fingerprint density at radius 2 is 1.93 bits per heavy atom. The SMILES string of the molecule is CC(C)Oc1ccc2c(c1)C(c1cc(N3CCN(CCO)CC3)ncn1)=NC2. The molecule has 0 saturated carbocycles. The van der Waals surface area contributed by atoms with Crippen LogP contribution in [0.25, 0.3) is 0 Å². The number of aliphatic hydroxyl groups excluding tert-OH is 1. The van der Waals surface area contributed by atoms with Crippen LogP contribution in [0.4, 0.5) is 5.82 Å². The van der Waals surface area contributed by atoms with Crippen LogP contribution in [0.2, 0.25) is 0 Å². The highest BCUT2D eigenvalue weighted by molar-refractivity contribution is 6.14. The van der Waals surface area contributed by atoms with E-state index in [9.17, 15) is 0 Å². The maximum atomic E-state index is 9.11. The molecular formula is C21H27N5O2. The van der Waals surface area contributed by atoms with E-state index < -0.39 is 0 Å². The standard InChI is InChI=1S/C21H27N5O2/c1-15(2)28-17-4-3-16-13-22-21(18(16)11-17)19-12-20(24-14-23-19)26-7-5-25(6-8-26)9-10-27/h3-4,11-12,14-15,27H,5-10,13H2,1-2H3. The predicted molar refractivity (Wildman–Crippen MR) is 109 cm³/mol. The lowest BCUT2D eigenvalue weighted by Gasteiger charge is -2.35. The molecule has 0 spiro atoms. The van der Waals surface area contributed by atoms with Crippen molar-refractivity contribution in [2.45, 2.75) is 26.5 Å². The smallest absolute Gasteiger partial charge is 0.132 e. The van der Waals surface area contributed by atoms with Crippen molar-refractivity contribution in [2.24, 2.45) is 4.99 Å². The first kappa shape index (κ1) is 18.8. The minimum absolute atomic E-state index is 0.134. The maximum absolute atomic E-state index is 9.11. The van der Waals surface area contributed by atoms with Gasteiger partial charge in [-0.2, -0.15) is 0 Å². The van der Waals surface area contributed by atoms with Gasteiger partial charge >= 0.3 is 0 Å². The number of aliphatic hydroxyl groups is 1. The zero-order valence-corrected chi connectivity index (χ0v) is 16.5. The second kappa shape index (κ2) is 8.24. The van der Waals surface area contributed by atoms with Gasteiger partial charge in [0.2, 0.25) is 0 Å².